The summed E-state index contributed by atoms with van der Waals surface area (Å²) in [5.41, 5.74) is 0.518. The van der Waals surface area contributed by atoms with E-state index in [0.717, 1.165) is 12.4 Å². The minimum atomic E-state index is -3.40. The van der Waals surface area contributed by atoms with E-state index in [9.17, 15) is 13.2 Å². The van der Waals surface area contributed by atoms with Crippen LogP contribution in [0.15, 0.2) is 40.7 Å². The van der Waals surface area contributed by atoms with E-state index in [1.165, 1.54) is 0 Å². The van der Waals surface area contributed by atoms with Gasteiger partial charge < -0.3 is 19.7 Å². The molecule has 4 heterocycles. The largest absolute Gasteiger partial charge is 0.336 e. The summed E-state index contributed by atoms with van der Waals surface area (Å²) >= 11 is 0. The predicted molar refractivity (Wildman–Crippen MR) is 103 cm³/mol. The van der Waals surface area contributed by atoms with Gasteiger partial charge in [-0.05, 0) is 12.2 Å². The van der Waals surface area contributed by atoms with Crippen molar-refractivity contribution in [2.75, 3.05) is 31.9 Å². The zero-order valence-electron chi connectivity index (χ0n) is 14.8. The third-order valence-electron chi connectivity index (χ3n) is 4.73. The SMILES string of the molecule is Cl.Cn1ccnc1C1CNCCN1C(=O)C1=CN2CCS(=O)(=O)N=C2C=C1. The first-order valence-corrected chi connectivity index (χ1v) is 10.0. The van der Waals surface area contributed by atoms with Crippen LogP contribution >= 0.6 is 12.4 Å². The van der Waals surface area contributed by atoms with Crippen LogP contribution in [0, 0.1) is 0 Å². The number of imidazole rings is 1. The maximum atomic E-state index is 13.1. The van der Waals surface area contributed by atoms with Crippen LogP contribution in [0.1, 0.15) is 11.9 Å². The Hall–Kier alpha value is -2.17. The normalized spacial score (nSPS) is 23.8. The van der Waals surface area contributed by atoms with Crippen LogP contribution in [0.2, 0.25) is 0 Å². The van der Waals surface area contributed by atoms with E-state index in [1.807, 2.05) is 22.7 Å². The number of carbonyl (C=O) groups excluding carboxylic acids is 1. The number of rotatable bonds is 2. The average molecular weight is 413 g/mol. The molecule has 3 aliphatic rings. The molecule has 1 saturated heterocycles. The number of hydrogen-bond donors (Lipinski definition) is 1. The van der Waals surface area contributed by atoms with Crippen molar-refractivity contribution in [3.63, 3.8) is 0 Å². The van der Waals surface area contributed by atoms with E-state index in [-0.39, 0.29) is 30.1 Å². The number of carbonyl (C=O) groups is 1. The van der Waals surface area contributed by atoms with Crippen molar-refractivity contribution < 1.29 is 13.2 Å². The number of aromatic nitrogens is 2. The number of nitrogens with one attached hydrogen (secondary N) is 1. The second-order valence-corrected chi connectivity index (χ2v) is 8.22. The molecule has 0 aromatic carbocycles. The number of aryl methyl sites for hydroxylation is 1. The summed E-state index contributed by atoms with van der Waals surface area (Å²) in [7, 11) is -1.49. The van der Waals surface area contributed by atoms with E-state index in [4.69, 9.17) is 0 Å². The lowest BCUT2D eigenvalue weighted by Crippen LogP contribution is -2.50. The highest BCUT2D eigenvalue weighted by atomic mass is 35.5. The summed E-state index contributed by atoms with van der Waals surface area (Å²) < 4.78 is 28.9. The van der Waals surface area contributed by atoms with Gasteiger partial charge in [-0.3, -0.25) is 4.79 Å². The fraction of sp³-hybridized carbons (Fsp3) is 0.438. The van der Waals surface area contributed by atoms with Crippen LogP contribution in [0.3, 0.4) is 0 Å². The molecule has 1 amide bonds. The Morgan fingerprint density at radius 1 is 1.30 bits per heavy atom. The van der Waals surface area contributed by atoms with E-state index in [1.54, 1.807) is 29.4 Å². The van der Waals surface area contributed by atoms with Crippen molar-refractivity contribution in [1.29, 1.82) is 0 Å². The van der Waals surface area contributed by atoms with Crippen molar-refractivity contribution in [3.8, 4) is 0 Å². The zero-order valence-corrected chi connectivity index (χ0v) is 16.4. The molecule has 1 atom stereocenters. The minimum absolute atomic E-state index is 0. The Morgan fingerprint density at radius 3 is 2.85 bits per heavy atom. The Kier molecular flexibility index (Phi) is 5.41. The smallest absolute Gasteiger partial charge is 0.256 e. The highest BCUT2D eigenvalue weighted by molar-refractivity contribution is 7.90. The number of nitrogens with zero attached hydrogens (tertiary/aromatic N) is 5. The molecule has 3 aliphatic heterocycles. The van der Waals surface area contributed by atoms with Crippen LogP contribution in [0.25, 0.3) is 0 Å². The highest BCUT2D eigenvalue weighted by Crippen LogP contribution is 2.24. The lowest BCUT2D eigenvalue weighted by atomic mass is 10.1. The fourth-order valence-electron chi connectivity index (χ4n) is 3.37. The lowest BCUT2D eigenvalue weighted by Gasteiger charge is -2.37. The second kappa shape index (κ2) is 7.45. The first-order chi connectivity index (χ1) is 12.4. The van der Waals surface area contributed by atoms with Crippen molar-refractivity contribution in [2.45, 2.75) is 6.04 Å². The molecule has 0 radical (unpaired) electrons. The standard InChI is InChI=1S/C16H20N6O3S.ClH/c1-20-6-5-18-15(20)13-10-17-4-7-22(13)16(23)12-2-3-14-19-26(24,25)9-8-21(14)11-12;/h2-3,5-6,11,13,17H,4,7-10H2,1H3;1H. The maximum absolute atomic E-state index is 13.1. The predicted octanol–water partition coefficient (Wildman–Crippen LogP) is -0.188. The van der Waals surface area contributed by atoms with E-state index in [0.29, 0.717) is 31.0 Å². The molecule has 1 N–H and O–H groups in total. The van der Waals surface area contributed by atoms with E-state index >= 15 is 0 Å². The molecule has 0 spiro atoms. The Morgan fingerprint density at radius 2 is 2.11 bits per heavy atom. The summed E-state index contributed by atoms with van der Waals surface area (Å²) in [6.45, 7) is 2.24. The van der Waals surface area contributed by atoms with Gasteiger partial charge in [0, 0.05) is 51.8 Å². The first kappa shape index (κ1) is 19.6. The van der Waals surface area contributed by atoms with Crippen molar-refractivity contribution >= 4 is 34.2 Å². The van der Waals surface area contributed by atoms with Gasteiger partial charge in [0.1, 0.15) is 17.7 Å². The van der Waals surface area contributed by atoms with Crippen molar-refractivity contribution in [1.82, 2.24) is 24.7 Å². The number of sulfonamides is 1. The molecule has 1 aromatic heterocycles. The molecule has 146 valence electrons. The van der Waals surface area contributed by atoms with Gasteiger partial charge in [0.15, 0.2) is 0 Å². The summed E-state index contributed by atoms with van der Waals surface area (Å²) in [4.78, 5) is 21.1. The molecule has 0 aliphatic carbocycles. The number of halogens is 1. The molecule has 1 fully saturated rings. The van der Waals surface area contributed by atoms with Crippen LogP contribution in [-0.2, 0) is 21.9 Å². The molecule has 4 rings (SSSR count). The molecule has 0 bridgehead atoms. The van der Waals surface area contributed by atoms with E-state index < -0.39 is 10.0 Å². The van der Waals surface area contributed by atoms with Gasteiger partial charge in [0.05, 0.1) is 11.3 Å². The monoisotopic (exact) mass is 412 g/mol. The topological polar surface area (TPSA) is 99.9 Å². The number of amides is 1. The number of amidine groups is 1. The van der Waals surface area contributed by atoms with Gasteiger partial charge in [0.2, 0.25) is 0 Å². The molecule has 9 nitrogen and oxygen atoms in total. The third kappa shape index (κ3) is 3.78. The van der Waals surface area contributed by atoms with E-state index in [2.05, 4.69) is 14.7 Å². The minimum Gasteiger partial charge on any atom is -0.336 e. The van der Waals surface area contributed by atoms with Gasteiger partial charge in [-0.1, -0.05) is 0 Å². The summed E-state index contributed by atoms with van der Waals surface area (Å²) in [5.74, 6) is 1.04. The number of piperazine rings is 1. The lowest BCUT2D eigenvalue weighted by molar-refractivity contribution is -0.130. The molecule has 1 unspecified atom stereocenters. The summed E-state index contributed by atoms with van der Waals surface area (Å²) in [6.07, 6.45) is 8.50. The fourth-order valence-corrected chi connectivity index (χ4v) is 4.34. The average Bonchev–Trinajstić information content (AvgIpc) is 3.06. The summed E-state index contributed by atoms with van der Waals surface area (Å²) in [6, 6.07) is -0.151. The molecular formula is C16H21ClN6O3S. The zero-order chi connectivity index (χ0) is 18.3. The van der Waals surface area contributed by atoms with Gasteiger partial charge >= 0.3 is 0 Å². The summed E-state index contributed by atoms with van der Waals surface area (Å²) in [5, 5.41) is 3.31. The Bertz CT molecular complexity index is 936. The van der Waals surface area contributed by atoms with Crippen LogP contribution < -0.4 is 5.32 Å². The number of hydrogen-bond acceptors (Lipinski definition) is 6. The maximum Gasteiger partial charge on any atom is 0.256 e. The van der Waals surface area contributed by atoms with Crippen LogP contribution in [0.4, 0.5) is 0 Å². The molecule has 0 saturated carbocycles. The van der Waals surface area contributed by atoms with Crippen LogP contribution in [-0.4, -0.2) is 71.4 Å². The van der Waals surface area contributed by atoms with Gasteiger partial charge in [-0.15, -0.1) is 16.8 Å². The molecule has 27 heavy (non-hydrogen) atoms. The molecular weight excluding hydrogens is 392 g/mol. The Balaban J connectivity index is 0.00000210. The van der Waals surface area contributed by atoms with Crippen molar-refractivity contribution in [3.05, 3.63) is 42.1 Å². The van der Waals surface area contributed by atoms with Crippen LogP contribution in [0.5, 0.6) is 0 Å². The first-order valence-electron chi connectivity index (χ1n) is 8.43. The second-order valence-electron chi connectivity index (χ2n) is 6.46. The molecule has 11 heteroatoms. The van der Waals surface area contributed by atoms with Gasteiger partial charge in [-0.2, -0.15) is 0 Å². The third-order valence-corrected chi connectivity index (χ3v) is 5.90. The number of fused-ring (bicyclic) bond motifs is 1. The highest BCUT2D eigenvalue weighted by Gasteiger charge is 2.33. The Labute approximate surface area is 163 Å². The quantitative estimate of drug-likeness (QED) is 0.722. The molecule has 1 aromatic rings. The van der Waals surface area contributed by atoms with Gasteiger partial charge in [0.25, 0.3) is 15.9 Å². The van der Waals surface area contributed by atoms with Gasteiger partial charge in [-0.25, -0.2) is 13.4 Å². The van der Waals surface area contributed by atoms with Crippen molar-refractivity contribution in [2.24, 2.45) is 11.4 Å².